The number of amides is 1. The van der Waals surface area contributed by atoms with Crippen LogP contribution >= 0.6 is 11.8 Å². The summed E-state index contributed by atoms with van der Waals surface area (Å²) in [7, 11) is 1.42. The largest absolute Gasteiger partial charge is 0.758 e. The van der Waals surface area contributed by atoms with E-state index in [0.29, 0.717) is 11.3 Å². The van der Waals surface area contributed by atoms with Gasteiger partial charge in [-0.05, 0) is 45.4 Å². The first-order valence-corrected chi connectivity index (χ1v) is 7.06. The highest BCUT2D eigenvalue weighted by Crippen LogP contribution is 2.28. The molecule has 1 aromatic carbocycles. The molecule has 0 unspecified atom stereocenters. The van der Waals surface area contributed by atoms with Crippen LogP contribution in [-0.4, -0.2) is 36.5 Å². The molecule has 5 nitrogen and oxygen atoms in total. The lowest BCUT2D eigenvalue weighted by Crippen LogP contribution is -2.38. The monoisotopic (exact) mass is 283 g/mol. The summed E-state index contributed by atoms with van der Waals surface area (Å²) in [6.07, 6.45) is 1.85. The first-order valence-electron chi connectivity index (χ1n) is 5.84. The molecule has 0 aliphatic rings. The number of nitrogens with one attached hydrogen (secondary N) is 1. The fourth-order valence-corrected chi connectivity index (χ4v) is 2.13. The second-order valence-corrected chi connectivity index (χ2v) is 5.73. The van der Waals surface area contributed by atoms with Crippen molar-refractivity contribution in [1.29, 1.82) is 0 Å². The molecule has 0 aliphatic carbocycles. The average molecular weight is 283 g/mol. The van der Waals surface area contributed by atoms with Gasteiger partial charge in [0.15, 0.2) is 0 Å². The van der Waals surface area contributed by atoms with Crippen LogP contribution in [0.5, 0.6) is 0 Å². The standard InChI is InChI=1S/C13H19N2O3S/c1-13(2,17)8-14-12(16)9-5-6-10(15(3)18)11(7-9)19-4/h5-7,17H,8H2,1-4H3,(H,14,16)/q-1. The molecule has 0 saturated carbocycles. The van der Waals surface area contributed by atoms with Crippen molar-refractivity contribution in [2.75, 3.05) is 24.9 Å². The predicted molar refractivity (Wildman–Crippen MR) is 78.6 cm³/mol. The van der Waals surface area contributed by atoms with Crippen LogP contribution in [0, 0.1) is 5.21 Å². The Morgan fingerprint density at radius 2 is 2.16 bits per heavy atom. The molecule has 19 heavy (non-hydrogen) atoms. The number of benzene rings is 1. The van der Waals surface area contributed by atoms with Gasteiger partial charge >= 0.3 is 0 Å². The number of rotatable bonds is 5. The van der Waals surface area contributed by atoms with Gasteiger partial charge in [0.25, 0.3) is 5.91 Å². The Bertz CT molecular complexity index is 456. The van der Waals surface area contributed by atoms with Crippen molar-refractivity contribution in [2.24, 2.45) is 0 Å². The maximum atomic E-state index is 11.9. The molecule has 0 bridgehead atoms. The highest BCUT2D eigenvalue weighted by Gasteiger charge is 2.15. The van der Waals surface area contributed by atoms with E-state index in [1.165, 1.54) is 18.8 Å². The van der Waals surface area contributed by atoms with Gasteiger partial charge in [0.05, 0.1) is 5.60 Å². The summed E-state index contributed by atoms with van der Waals surface area (Å²) in [5.41, 5.74) is 0.0541. The first-order chi connectivity index (χ1) is 8.74. The summed E-state index contributed by atoms with van der Waals surface area (Å²) in [4.78, 5) is 12.7. The van der Waals surface area contributed by atoms with E-state index in [-0.39, 0.29) is 12.5 Å². The zero-order valence-electron chi connectivity index (χ0n) is 11.6. The minimum Gasteiger partial charge on any atom is -0.758 e. The van der Waals surface area contributed by atoms with Gasteiger partial charge in [0.2, 0.25) is 0 Å². The summed E-state index contributed by atoms with van der Waals surface area (Å²) < 4.78 is 0. The Kier molecular flexibility index (Phi) is 5.22. The molecule has 0 fully saturated rings. The molecule has 0 aromatic heterocycles. The maximum absolute atomic E-state index is 11.9. The molecule has 1 aromatic rings. The highest BCUT2D eigenvalue weighted by atomic mass is 32.2. The quantitative estimate of drug-likeness (QED) is 0.637. The van der Waals surface area contributed by atoms with Crippen LogP contribution < -0.4 is 10.4 Å². The van der Waals surface area contributed by atoms with Gasteiger partial charge in [-0.2, -0.15) is 0 Å². The molecule has 1 rings (SSSR count). The van der Waals surface area contributed by atoms with E-state index in [1.54, 1.807) is 32.0 Å². The van der Waals surface area contributed by atoms with Gasteiger partial charge < -0.3 is 20.7 Å². The number of hydroxylamine groups is 1. The van der Waals surface area contributed by atoms with Gasteiger partial charge in [0, 0.05) is 22.7 Å². The Morgan fingerprint density at radius 3 is 2.63 bits per heavy atom. The third-order valence-electron chi connectivity index (χ3n) is 2.46. The van der Waals surface area contributed by atoms with Gasteiger partial charge in [-0.15, -0.1) is 11.8 Å². The SMILES string of the molecule is CSc1cc(C(=O)NCC(C)(C)O)ccc1N(C)[O-]. The average Bonchev–Trinajstić information content (AvgIpc) is 2.34. The number of nitrogens with zero attached hydrogens (tertiary/aromatic N) is 1. The minimum atomic E-state index is -0.951. The maximum Gasteiger partial charge on any atom is 0.251 e. The van der Waals surface area contributed by atoms with Crippen LogP contribution in [-0.2, 0) is 0 Å². The second kappa shape index (κ2) is 6.27. The van der Waals surface area contributed by atoms with Crippen molar-refractivity contribution < 1.29 is 9.90 Å². The number of hydrogen-bond acceptors (Lipinski definition) is 5. The first kappa shape index (κ1) is 15.8. The summed E-state index contributed by atoms with van der Waals surface area (Å²) in [5, 5.41) is 24.3. The molecule has 0 radical (unpaired) electrons. The van der Waals surface area contributed by atoms with Crippen molar-refractivity contribution in [3.8, 4) is 0 Å². The van der Waals surface area contributed by atoms with Gasteiger partial charge in [-0.3, -0.25) is 4.79 Å². The summed E-state index contributed by atoms with van der Waals surface area (Å²) in [6.45, 7) is 3.41. The van der Waals surface area contributed by atoms with Crippen LogP contribution in [0.2, 0.25) is 0 Å². The van der Waals surface area contributed by atoms with Crippen LogP contribution in [0.1, 0.15) is 24.2 Å². The van der Waals surface area contributed by atoms with Crippen molar-refractivity contribution in [3.05, 3.63) is 29.0 Å². The highest BCUT2D eigenvalue weighted by molar-refractivity contribution is 7.98. The molecule has 0 saturated heterocycles. The molecule has 2 N–H and O–H groups in total. The Labute approximate surface area is 117 Å². The molecule has 0 spiro atoms. The topological polar surface area (TPSA) is 75.6 Å². The smallest absolute Gasteiger partial charge is 0.251 e. The molecule has 0 atom stereocenters. The summed E-state index contributed by atoms with van der Waals surface area (Å²) >= 11 is 1.41. The van der Waals surface area contributed by atoms with Gasteiger partial charge in [-0.25, -0.2) is 0 Å². The van der Waals surface area contributed by atoms with Crippen molar-refractivity contribution in [3.63, 3.8) is 0 Å². The van der Waals surface area contributed by atoms with Gasteiger partial charge in [-0.1, -0.05) is 0 Å². The van der Waals surface area contributed by atoms with Crippen LogP contribution in [0.3, 0.4) is 0 Å². The number of thioether (sulfide) groups is 1. The van der Waals surface area contributed by atoms with Crippen LogP contribution in [0.4, 0.5) is 5.69 Å². The number of hydrogen-bond donors (Lipinski definition) is 2. The Morgan fingerprint density at radius 1 is 1.53 bits per heavy atom. The number of carbonyl (C=O) groups excluding carboxylic acids is 1. The normalized spacial score (nSPS) is 11.3. The zero-order chi connectivity index (χ0) is 14.6. The van der Waals surface area contributed by atoms with E-state index in [0.717, 1.165) is 9.96 Å². The molecule has 106 valence electrons. The van der Waals surface area contributed by atoms with E-state index < -0.39 is 5.60 Å². The molecule has 0 heterocycles. The Hall–Kier alpha value is -1.24. The third-order valence-corrected chi connectivity index (χ3v) is 3.23. The molecule has 6 heteroatoms. The molecule has 1 amide bonds. The van der Waals surface area contributed by atoms with Crippen molar-refractivity contribution in [2.45, 2.75) is 24.3 Å². The predicted octanol–water partition coefficient (Wildman–Crippen LogP) is 1.84. The van der Waals surface area contributed by atoms with Crippen molar-refractivity contribution >= 4 is 23.4 Å². The van der Waals surface area contributed by atoms with E-state index in [4.69, 9.17) is 0 Å². The third kappa shape index (κ3) is 4.74. The summed E-state index contributed by atoms with van der Waals surface area (Å²) in [5.74, 6) is -0.266. The van der Waals surface area contributed by atoms with Crippen LogP contribution in [0.15, 0.2) is 23.1 Å². The van der Waals surface area contributed by atoms with E-state index in [2.05, 4.69) is 5.32 Å². The lowest BCUT2D eigenvalue weighted by Gasteiger charge is -2.27. The fourth-order valence-electron chi connectivity index (χ4n) is 1.48. The van der Waals surface area contributed by atoms with E-state index in [1.807, 2.05) is 6.26 Å². The van der Waals surface area contributed by atoms with Crippen LogP contribution in [0.25, 0.3) is 0 Å². The second-order valence-electron chi connectivity index (χ2n) is 4.88. The fraction of sp³-hybridized carbons (Fsp3) is 0.462. The van der Waals surface area contributed by atoms with Crippen molar-refractivity contribution in [1.82, 2.24) is 5.32 Å². The van der Waals surface area contributed by atoms with Gasteiger partial charge in [0.1, 0.15) is 0 Å². The van der Waals surface area contributed by atoms with E-state index in [9.17, 15) is 15.1 Å². The Balaban J connectivity index is 2.87. The number of carbonyl (C=O) groups is 1. The molecular weight excluding hydrogens is 264 g/mol. The minimum absolute atomic E-state index is 0.170. The molecule has 0 aliphatic heterocycles. The molecular formula is C13H19N2O3S-. The van der Waals surface area contributed by atoms with E-state index >= 15 is 0 Å². The summed E-state index contributed by atoms with van der Waals surface area (Å²) in [6, 6.07) is 4.90. The lowest BCUT2D eigenvalue weighted by molar-refractivity contribution is 0.0694. The lowest BCUT2D eigenvalue weighted by atomic mass is 10.1. The zero-order valence-corrected chi connectivity index (χ0v) is 12.4. The number of aliphatic hydroxyl groups is 1. The number of anilines is 1.